The fourth-order valence-corrected chi connectivity index (χ4v) is 3.33. The fourth-order valence-electron chi connectivity index (χ4n) is 2.70. The molecule has 3 heterocycles. The summed E-state index contributed by atoms with van der Waals surface area (Å²) in [6, 6.07) is 1.89. The van der Waals surface area contributed by atoms with Crippen molar-refractivity contribution < 1.29 is 14.3 Å². The maximum atomic E-state index is 12.5. The van der Waals surface area contributed by atoms with E-state index in [1.54, 1.807) is 25.0 Å². The molecule has 0 unspecified atom stereocenters. The van der Waals surface area contributed by atoms with E-state index in [1.165, 1.54) is 4.68 Å². The van der Waals surface area contributed by atoms with Gasteiger partial charge in [-0.25, -0.2) is 9.48 Å². The monoisotopic (exact) mass is 469 g/mol. The van der Waals surface area contributed by atoms with Gasteiger partial charge in [-0.05, 0) is 56.4 Å². The van der Waals surface area contributed by atoms with E-state index < -0.39 is 11.7 Å². The molecule has 8 nitrogen and oxygen atoms in total. The molecule has 0 fully saturated rings. The van der Waals surface area contributed by atoms with E-state index in [0.717, 1.165) is 10.9 Å². The van der Waals surface area contributed by atoms with Crippen LogP contribution in [0.2, 0.25) is 0 Å². The molecule has 138 valence electrons. The molecule has 3 aromatic heterocycles. The van der Waals surface area contributed by atoms with Crippen LogP contribution in [0.25, 0.3) is 22.2 Å². The molecular weight excluding hydrogens is 449 g/mol. The fraction of sp³-hybridized carbons (Fsp3) is 0.412. The van der Waals surface area contributed by atoms with E-state index in [2.05, 4.69) is 37.8 Å². The van der Waals surface area contributed by atoms with E-state index in [4.69, 9.17) is 9.47 Å². The number of pyridine rings is 1. The van der Waals surface area contributed by atoms with Crippen molar-refractivity contribution in [3.8, 4) is 17.1 Å². The van der Waals surface area contributed by atoms with Gasteiger partial charge in [0.15, 0.2) is 0 Å². The van der Waals surface area contributed by atoms with Crippen molar-refractivity contribution in [2.24, 2.45) is 7.05 Å². The topological polar surface area (TPSA) is 84.1 Å². The summed E-state index contributed by atoms with van der Waals surface area (Å²) in [5.41, 5.74) is 2.19. The summed E-state index contributed by atoms with van der Waals surface area (Å²) in [7, 11) is 3.40. The highest BCUT2D eigenvalue weighted by atomic mass is 127. The number of rotatable bonds is 2. The van der Waals surface area contributed by atoms with Crippen LogP contribution in [-0.2, 0) is 11.8 Å². The summed E-state index contributed by atoms with van der Waals surface area (Å²) in [6.07, 6.45) is 1.18. The van der Waals surface area contributed by atoms with Crippen molar-refractivity contribution in [3.63, 3.8) is 0 Å². The van der Waals surface area contributed by atoms with Gasteiger partial charge in [0.1, 0.15) is 14.8 Å². The summed E-state index contributed by atoms with van der Waals surface area (Å²) < 4.78 is 14.5. The molecule has 0 N–H and O–H groups in total. The predicted molar refractivity (Wildman–Crippen MR) is 105 cm³/mol. The molecule has 0 aliphatic carbocycles. The molecule has 0 spiro atoms. The number of aryl methyl sites for hydroxylation is 2. The zero-order valence-corrected chi connectivity index (χ0v) is 17.7. The van der Waals surface area contributed by atoms with E-state index in [9.17, 15) is 4.79 Å². The average molecular weight is 469 g/mol. The standard InChI is InChI=1S/C17H20IN5O3/c1-9-13-10(14(18)21-23(13)16(24)26-17(2,3)4)7-12(20-9)11-8-19-22(5)15(11)25-6/h7-8H,1-6H3. The molecular formula is C17H20IN5O3. The van der Waals surface area contributed by atoms with E-state index in [1.807, 2.05) is 33.8 Å². The van der Waals surface area contributed by atoms with Gasteiger partial charge in [-0.2, -0.15) is 14.9 Å². The molecule has 0 amide bonds. The van der Waals surface area contributed by atoms with Crippen molar-refractivity contribution in [2.45, 2.75) is 33.3 Å². The van der Waals surface area contributed by atoms with Crippen molar-refractivity contribution in [3.05, 3.63) is 21.7 Å². The highest BCUT2D eigenvalue weighted by molar-refractivity contribution is 14.1. The van der Waals surface area contributed by atoms with Crippen LogP contribution < -0.4 is 4.74 Å². The molecule has 0 saturated heterocycles. The minimum absolute atomic E-state index is 0.526. The molecule has 0 radical (unpaired) electrons. The second kappa shape index (κ2) is 6.53. The summed E-state index contributed by atoms with van der Waals surface area (Å²) in [5.74, 6) is 0.616. The van der Waals surface area contributed by atoms with Crippen molar-refractivity contribution in [2.75, 3.05) is 7.11 Å². The van der Waals surface area contributed by atoms with Gasteiger partial charge in [-0.3, -0.25) is 4.98 Å². The molecule has 0 saturated carbocycles. The summed E-state index contributed by atoms with van der Waals surface area (Å²) >= 11 is 2.11. The Morgan fingerprint density at radius 3 is 2.62 bits per heavy atom. The smallest absolute Gasteiger partial charge is 0.435 e. The molecule has 26 heavy (non-hydrogen) atoms. The molecule has 0 aliphatic heterocycles. The highest BCUT2D eigenvalue weighted by Crippen LogP contribution is 2.32. The number of carbonyl (C=O) groups is 1. The Morgan fingerprint density at radius 2 is 2.00 bits per heavy atom. The van der Waals surface area contributed by atoms with Crippen LogP contribution in [0.3, 0.4) is 0 Å². The molecule has 3 aromatic rings. The quantitative estimate of drug-likeness (QED) is 0.534. The Bertz CT molecular complexity index is 1000. The third-order valence-electron chi connectivity index (χ3n) is 3.71. The van der Waals surface area contributed by atoms with Crippen LogP contribution in [0.15, 0.2) is 12.3 Å². The SMILES string of the molecule is COc1c(-c2cc3c(I)nn(C(=O)OC(C)(C)C)c3c(C)n2)cnn1C. The third-order valence-corrected chi connectivity index (χ3v) is 4.51. The number of nitrogens with zero attached hydrogens (tertiary/aromatic N) is 5. The van der Waals surface area contributed by atoms with Gasteiger partial charge in [0.05, 0.1) is 30.3 Å². The normalized spacial score (nSPS) is 11.8. The number of aromatic nitrogens is 5. The lowest BCUT2D eigenvalue weighted by Gasteiger charge is -2.19. The first kappa shape index (κ1) is 18.6. The van der Waals surface area contributed by atoms with Gasteiger partial charge in [-0.1, -0.05) is 0 Å². The van der Waals surface area contributed by atoms with Crippen LogP contribution in [0.1, 0.15) is 26.5 Å². The first-order chi connectivity index (χ1) is 12.1. The van der Waals surface area contributed by atoms with Crippen LogP contribution in [0, 0.1) is 10.6 Å². The summed E-state index contributed by atoms with van der Waals surface area (Å²) in [6.45, 7) is 7.30. The van der Waals surface area contributed by atoms with Gasteiger partial charge < -0.3 is 9.47 Å². The Morgan fingerprint density at radius 1 is 1.31 bits per heavy atom. The third kappa shape index (κ3) is 3.27. The maximum Gasteiger partial charge on any atom is 0.435 e. The van der Waals surface area contributed by atoms with Crippen LogP contribution >= 0.6 is 22.6 Å². The Labute approximate surface area is 164 Å². The lowest BCUT2D eigenvalue weighted by molar-refractivity contribution is 0.0522. The zero-order chi connectivity index (χ0) is 19.2. The maximum absolute atomic E-state index is 12.5. The second-order valence-electron chi connectivity index (χ2n) is 6.86. The first-order valence-corrected chi connectivity index (χ1v) is 9.06. The number of hydrogen-bond acceptors (Lipinski definition) is 6. The number of ether oxygens (including phenoxy) is 2. The van der Waals surface area contributed by atoms with E-state index >= 15 is 0 Å². The van der Waals surface area contributed by atoms with Crippen LogP contribution in [0.5, 0.6) is 5.88 Å². The predicted octanol–water partition coefficient (Wildman–Crippen LogP) is 3.54. The van der Waals surface area contributed by atoms with Gasteiger partial charge in [-0.15, -0.1) is 0 Å². The average Bonchev–Trinajstić information content (AvgIpc) is 3.06. The van der Waals surface area contributed by atoms with Crippen molar-refractivity contribution >= 4 is 39.6 Å². The Balaban J connectivity index is 2.16. The second-order valence-corrected chi connectivity index (χ2v) is 7.88. The van der Waals surface area contributed by atoms with Gasteiger partial charge in [0, 0.05) is 12.4 Å². The molecule has 9 heteroatoms. The number of halogens is 1. The molecule has 0 bridgehead atoms. The van der Waals surface area contributed by atoms with E-state index in [0.29, 0.717) is 26.5 Å². The molecule has 0 aromatic carbocycles. The summed E-state index contributed by atoms with van der Waals surface area (Å²) in [4.78, 5) is 17.2. The Hall–Kier alpha value is -2.17. The molecule has 0 aliphatic rings. The number of methoxy groups -OCH3 is 1. The largest absolute Gasteiger partial charge is 0.481 e. The Kier molecular flexibility index (Phi) is 4.67. The van der Waals surface area contributed by atoms with Crippen LogP contribution in [-0.4, -0.2) is 43.3 Å². The van der Waals surface area contributed by atoms with E-state index in [-0.39, 0.29) is 0 Å². The van der Waals surface area contributed by atoms with Gasteiger partial charge in [0.2, 0.25) is 5.88 Å². The van der Waals surface area contributed by atoms with Crippen LogP contribution in [0.4, 0.5) is 4.79 Å². The number of fused-ring (bicyclic) bond motifs is 1. The van der Waals surface area contributed by atoms with Gasteiger partial charge in [0.25, 0.3) is 0 Å². The van der Waals surface area contributed by atoms with Crippen molar-refractivity contribution in [1.82, 2.24) is 24.5 Å². The lowest BCUT2D eigenvalue weighted by atomic mass is 10.1. The first-order valence-electron chi connectivity index (χ1n) is 7.98. The number of carbonyl (C=O) groups excluding carboxylic acids is 1. The molecule has 3 rings (SSSR count). The van der Waals surface area contributed by atoms with Gasteiger partial charge >= 0.3 is 6.09 Å². The molecule has 0 atom stereocenters. The minimum Gasteiger partial charge on any atom is -0.481 e. The highest BCUT2D eigenvalue weighted by Gasteiger charge is 2.24. The number of hydrogen-bond donors (Lipinski definition) is 0. The summed E-state index contributed by atoms with van der Waals surface area (Å²) in [5, 5.41) is 9.40. The van der Waals surface area contributed by atoms with Crippen molar-refractivity contribution in [1.29, 1.82) is 0 Å². The zero-order valence-electron chi connectivity index (χ0n) is 15.5. The lowest BCUT2D eigenvalue weighted by Crippen LogP contribution is -2.28. The minimum atomic E-state index is -0.606.